The van der Waals surface area contributed by atoms with Crippen molar-refractivity contribution < 1.29 is 14.4 Å². The Morgan fingerprint density at radius 1 is 0.971 bits per heavy atom. The molecule has 1 fully saturated rings. The van der Waals surface area contributed by atoms with Gasteiger partial charge in [0.1, 0.15) is 6.04 Å². The lowest BCUT2D eigenvalue weighted by Gasteiger charge is -2.33. The zero-order valence-electron chi connectivity index (χ0n) is 20.1. The molecule has 1 atom stereocenters. The summed E-state index contributed by atoms with van der Waals surface area (Å²) in [6.07, 6.45) is 4.08. The molecule has 1 aromatic heterocycles. The Bertz CT molecular complexity index is 1170. The van der Waals surface area contributed by atoms with Crippen LogP contribution in [-0.4, -0.2) is 30.3 Å². The quantitative estimate of drug-likeness (QED) is 0.471. The highest BCUT2D eigenvalue weighted by Crippen LogP contribution is 2.31. The number of hydrogen-bond acceptors (Lipinski definition) is 4. The summed E-state index contributed by atoms with van der Waals surface area (Å²) in [6, 6.07) is 18.0. The second-order valence-electron chi connectivity index (χ2n) is 9.01. The Hall–Kier alpha value is -3.45. The molecule has 0 bridgehead atoms. The molecule has 2 aromatic carbocycles. The lowest BCUT2D eigenvalue weighted by atomic mass is 10.00. The van der Waals surface area contributed by atoms with E-state index in [-0.39, 0.29) is 30.3 Å². The van der Waals surface area contributed by atoms with Crippen LogP contribution < -0.4 is 15.5 Å². The first-order valence-electron chi connectivity index (χ1n) is 12.0. The summed E-state index contributed by atoms with van der Waals surface area (Å²) < 4.78 is 0. The predicted molar refractivity (Wildman–Crippen MR) is 140 cm³/mol. The van der Waals surface area contributed by atoms with E-state index in [4.69, 9.17) is 0 Å². The van der Waals surface area contributed by atoms with Gasteiger partial charge in [-0.15, -0.1) is 11.3 Å². The summed E-state index contributed by atoms with van der Waals surface area (Å²) in [5.41, 5.74) is 3.32. The minimum absolute atomic E-state index is 0.114. The van der Waals surface area contributed by atoms with Crippen molar-refractivity contribution in [2.75, 3.05) is 11.4 Å². The molecule has 0 spiro atoms. The maximum Gasteiger partial charge on any atom is 0.261 e. The van der Waals surface area contributed by atoms with E-state index in [1.165, 1.54) is 11.3 Å². The van der Waals surface area contributed by atoms with Crippen molar-refractivity contribution in [1.29, 1.82) is 0 Å². The van der Waals surface area contributed by atoms with Crippen molar-refractivity contribution in [2.45, 2.75) is 51.6 Å². The third-order valence-electron chi connectivity index (χ3n) is 6.39. The van der Waals surface area contributed by atoms with Crippen molar-refractivity contribution in [1.82, 2.24) is 10.6 Å². The van der Waals surface area contributed by atoms with Crippen LogP contribution in [0.15, 0.2) is 66.0 Å². The number of nitrogens with one attached hydrogen (secondary N) is 2. The molecule has 3 aromatic rings. The third kappa shape index (κ3) is 5.98. The summed E-state index contributed by atoms with van der Waals surface area (Å²) >= 11 is 1.32. The summed E-state index contributed by atoms with van der Waals surface area (Å²) in [5, 5.41) is 7.73. The summed E-state index contributed by atoms with van der Waals surface area (Å²) in [5.74, 6) is -0.862. The highest BCUT2D eigenvalue weighted by molar-refractivity contribution is 7.12. The number of rotatable bonds is 8. The first kappa shape index (κ1) is 24.7. The van der Waals surface area contributed by atoms with Crippen LogP contribution in [0.1, 0.15) is 58.1 Å². The van der Waals surface area contributed by atoms with Crippen molar-refractivity contribution in [2.24, 2.45) is 0 Å². The van der Waals surface area contributed by atoms with Gasteiger partial charge in [0.25, 0.3) is 5.91 Å². The average Bonchev–Trinajstić information content (AvgIpc) is 3.57. The number of nitrogens with zero attached hydrogens (tertiary/aromatic N) is 1. The maximum atomic E-state index is 13.7. The van der Waals surface area contributed by atoms with E-state index in [9.17, 15) is 14.4 Å². The molecular weight excluding hydrogens is 458 g/mol. The van der Waals surface area contributed by atoms with Crippen molar-refractivity contribution in [3.63, 3.8) is 0 Å². The number of carbonyl (C=O) groups is 3. The molecule has 35 heavy (non-hydrogen) atoms. The fourth-order valence-corrected chi connectivity index (χ4v) is 5.14. The summed E-state index contributed by atoms with van der Waals surface area (Å²) in [6.45, 7) is 3.69. The average molecular weight is 490 g/mol. The molecule has 1 aliphatic rings. The van der Waals surface area contributed by atoms with Crippen molar-refractivity contribution in [3.05, 3.63) is 87.6 Å². The van der Waals surface area contributed by atoms with E-state index in [1.54, 1.807) is 17.0 Å². The highest BCUT2D eigenvalue weighted by Gasteiger charge is 2.35. The van der Waals surface area contributed by atoms with Crippen LogP contribution in [0.5, 0.6) is 0 Å². The normalized spacial score (nSPS) is 14.3. The molecule has 0 unspecified atom stereocenters. The van der Waals surface area contributed by atoms with Gasteiger partial charge in [0.15, 0.2) is 0 Å². The van der Waals surface area contributed by atoms with Crippen LogP contribution in [0, 0.1) is 13.8 Å². The van der Waals surface area contributed by atoms with Crippen LogP contribution in [0.4, 0.5) is 5.69 Å². The van der Waals surface area contributed by atoms with Gasteiger partial charge in [-0.05, 0) is 55.3 Å². The molecule has 1 saturated carbocycles. The van der Waals surface area contributed by atoms with Gasteiger partial charge in [0.2, 0.25) is 11.8 Å². The molecule has 1 heterocycles. The van der Waals surface area contributed by atoms with E-state index >= 15 is 0 Å². The largest absolute Gasteiger partial charge is 0.351 e. The first-order chi connectivity index (χ1) is 16.9. The molecule has 3 amide bonds. The third-order valence-corrected chi connectivity index (χ3v) is 7.26. The summed E-state index contributed by atoms with van der Waals surface area (Å²) in [4.78, 5) is 42.1. The minimum Gasteiger partial charge on any atom is -0.351 e. The highest BCUT2D eigenvalue weighted by atomic mass is 32.1. The molecule has 0 radical (unpaired) electrons. The van der Waals surface area contributed by atoms with Crippen molar-refractivity contribution >= 4 is 34.7 Å². The topological polar surface area (TPSA) is 78.5 Å². The van der Waals surface area contributed by atoms with Gasteiger partial charge in [0.05, 0.1) is 11.4 Å². The standard InChI is InChI=1S/C28H31N3O3S/c1-19-13-15-21(16-14-19)26(28(34)30-22-9-4-5-10-22)31(23-11-6-3-8-20(23)2)25(32)18-29-27(33)24-12-7-17-35-24/h3,6-8,11-17,22,26H,4-5,9-10,18H2,1-2H3,(H,29,33)(H,30,34)/t26-/m1/s1. The number of anilines is 1. The fraction of sp³-hybridized carbons (Fsp3) is 0.321. The number of amides is 3. The van der Waals surface area contributed by atoms with E-state index in [0.717, 1.165) is 42.4 Å². The molecule has 0 aliphatic heterocycles. The summed E-state index contributed by atoms with van der Waals surface area (Å²) in [7, 11) is 0. The van der Waals surface area contributed by atoms with Crippen LogP contribution in [-0.2, 0) is 9.59 Å². The predicted octanol–water partition coefficient (Wildman–Crippen LogP) is 4.93. The Morgan fingerprint density at radius 2 is 1.69 bits per heavy atom. The number of hydrogen-bond donors (Lipinski definition) is 2. The van der Waals surface area contributed by atoms with Gasteiger partial charge >= 0.3 is 0 Å². The Kier molecular flexibility index (Phi) is 7.98. The molecule has 182 valence electrons. The SMILES string of the molecule is Cc1ccc([C@H](C(=O)NC2CCCC2)N(C(=O)CNC(=O)c2cccs2)c2ccccc2C)cc1. The molecule has 6 nitrogen and oxygen atoms in total. The molecular formula is C28H31N3O3S. The molecule has 0 saturated heterocycles. The molecule has 7 heteroatoms. The van der Waals surface area contributed by atoms with Crippen LogP contribution in [0.25, 0.3) is 0 Å². The van der Waals surface area contributed by atoms with Gasteiger partial charge in [-0.3, -0.25) is 19.3 Å². The van der Waals surface area contributed by atoms with Crippen LogP contribution in [0.3, 0.4) is 0 Å². The lowest BCUT2D eigenvalue weighted by Crippen LogP contribution is -2.49. The lowest BCUT2D eigenvalue weighted by molar-refractivity contribution is -0.126. The van der Waals surface area contributed by atoms with E-state index in [0.29, 0.717) is 10.6 Å². The number of para-hydroxylation sites is 1. The molecule has 4 rings (SSSR count). The van der Waals surface area contributed by atoms with Gasteiger partial charge in [0, 0.05) is 11.7 Å². The fourth-order valence-electron chi connectivity index (χ4n) is 4.50. The first-order valence-corrected chi connectivity index (χ1v) is 12.9. The smallest absolute Gasteiger partial charge is 0.261 e. The second kappa shape index (κ2) is 11.3. The molecule has 1 aliphatic carbocycles. The van der Waals surface area contributed by atoms with E-state index < -0.39 is 6.04 Å². The monoisotopic (exact) mass is 489 g/mol. The Labute approximate surface area is 210 Å². The maximum absolute atomic E-state index is 13.7. The zero-order chi connectivity index (χ0) is 24.8. The van der Waals surface area contributed by atoms with Gasteiger partial charge in [-0.25, -0.2) is 0 Å². The Balaban J connectivity index is 1.69. The van der Waals surface area contributed by atoms with Gasteiger partial charge in [-0.2, -0.15) is 0 Å². The van der Waals surface area contributed by atoms with E-state index in [1.807, 2.05) is 67.8 Å². The molecule has 2 N–H and O–H groups in total. The second-order valence-corrected chi connectivity index (χ2v) is 9.96. The Morgan fingerprint density at radius 3 is 2.34 bits per heavy atom. The van der Waals surface area contributed by atoms with Crippen molar-refractivity contribution in [3.8, 4) is 0 Å². The zero-order valence-corrected chi connectivity index (χ0v) is 20.9. The number of aryl methyl sites for hydroxylation is 2. The number of thiophene rings is 1. The van der Waals surface area contributed by atoms with Crippen LogP contribution in [0.2, 0.25) is 0 Å². The van der Waals surface area contributed by atoms with Gasteiger partial charge < -0.3 is 10.6 Å². The number of benzene rings is 2. The van der Waals surface area contributed by atoms with E-state index in [2.05, 4.69) is 10.6 Å². The van der Waals surface area contributed by atoms with Gasteiger partial charge in [-0.1, -0.05) is 66.9 Å². The number of carbonyl (C=O) groups excluding carboxylic acids is 3. The van der Waals surface area contributed by atoms with Crippen LogP contribution >= 0.6 is 11.3 Å². The minimum atomic E-state index is -0.858.